The summed E-state index contributed by atoms with van der Waals surface area (Å²) >= 11 is 16.6. The molecule has 0 aromatic carbocycles. The van der Waals surface area contributed by atoms with Crippen molar-refractivity contribution in [3.8, 4) is 0 Å². The third-order valence-corrected chi connectivity index (χ3v) is 3.26. The molecule has 1 aliphatic carbocycles. The van der Waals surface area contributed by atoms with Crippen LogP contribution < -0.4 is 0 Å². The van der Waals surface area contributed by atoms with Crippen molar-refractivity contribution in [2.75, 3.05) is 0 Å². The van der Waals surface area contributed by atoms with Crippen molar-refractivity contribution in [3.05, 3.63) is 0 Å². The van der Waals surface area contributed by atoms with E-state index in [1.165, 1.54) is 0 Å². The van der Waals surface area contributed by atoms with Gasteiger partial charge in [-0.2, -0.15) is 0 Å². The summed E-state index contributed by atoms with van der Waals surface area (Å²) in [4.78, 5) is 10.7. The Balaban J connectivity index is 2.61. The van der Waals surface area contributed by atoms with Gasteiger partial charge in [-0.15, -0.1) is 23.2 Å². The molecule has 1 nitrogen and oxygen atoms in total. The summed E-state index contributed by atoms with van der Waals surface area (Å²) in [6.45, 7) is 0. The van der Waals surface area contributed by atoms with Crippen LogP contribution in [-0.2, 0) is 4.79 Å². The number of alkyl halides is 3. The maximum absolute atomic E-state index is 13.0. The second-order valence-corrected chi connectivity index (χ2v) is 4.42. The van der Waals surface area contributed by atoms with Crippen LogP contribution in [0.25, 0.3) is 0 Å². The Morgan fingerprint density at radius 1 is 1.25 bits per heavy atom. The Bertz CT molecular complexity index is 187. The first-order valence-corrected chi connectivity index (χ1v) is 4.89. The molecule has 5 heteroatoms. The summed E-state index contributed by atoms with van der Waals surface area (Å²) in [6.07, 6.45) is -0.827. The molecule has 0 aromatic heterocycles. The second kappa shape index (κ2) is 4.12. The van der Waals surface area contributed by atoms with Gasteiger partial charge in [0.05, 0.1) is 11.3 Å². The van der Waals surface area contributed by atoms with Crippen molar-refractivity contribution in [2.45, 2.75) is 29.8 Å². The van der Waals surface area contributed by atoms with Crippen molar-refractivity contribution >= 4 is 40.0 Å². The highest BCUT2D eigenvalue weighted by molar-refractivity contribution is 6.64. The summed E-state index contributed by atoms with van der Waals surface area (Å²) in [5.74, 6) is -0.585. The number of carbonyl (C=O) groups is 1. The molecule has 4 atom stereocenters. The highest BCUT2D eigenvalue weighted by Crippen LogP contribution is 2.34. The van der Waals surface area contributed by atoms with Crippen LogP contribution in [0.15, 0.2) is 0 Å². The number of carbonyl (C=O) groups excluding carboxylic acids is 1. The zero-order valence-electron chi connectivity index (χ0n) is 6.14. The van der Waals surface area contributed by atoms with Crippen molar-refractivity contribution < 1.29 is 9.18 Å². The zero-order valence-corrected chi connectivity index (χ0v) is 8.41. The summed E-state index contributed by atoms with van der Waals surface area (Å²) in [5, 5.41) is -1.58. The van der Waals surface area contributed by atoms with E-state index in [1.807, 2.05) is 0 Å². The lowest BCUT2D eigenvalue weighted by Crippen LogP contribution is -2.37. The molecule has 12 heavy (non-hydrogen) atoms. The largest absolute Gasteiger partial charge is 0.281 e. The van der Waals surface area contributed by atoms with E-state index in [2.05, 4.69) is 0 Å². The Kier molecular flexibility index (Phi) is 3.62. The predicted octanol–water partition coefficient (Wildman–Crippen LogP) is 2.71. The molecule has 0 saturated heterocycles. The number of halogens is 4. The Labute approximate surface area is 85.2 Å². The van der Waals surface area contributed by atoms with Crippen molar-refractivity contribution in [2.24, 2.45) is 5.92 Å². The first-order chi connectivity index (χ1) is 5.52. The Hall–Kier alpha value is 0.470. The molecular formula is C7H8Cl3FO. The van der Waals surface area contributed by atoms with Crippen LogP contribution in [0.2, 0.25) is 0 Å². The van der Waals surface area contributed by atoms with Crippen LogP contribution in [0.4, 0.5) is 4.39 Å². The molecule has 0 amide bonds. The summed E-state index contributed by atoms with van der Waals surface area (Å²) < 4.78 is 13.0. The zero-order chi connectivity index (χ0) is 9.30. The highest BCUT2D eigenvalue weighted by atomic mass is 35.5. The molecule has 0 heterocycles. The molecule has 0 N–H and O–H groups in total. The highest BCUT2D eigenvalue weighted by Gasteiger charge is 2.38. The van der Waals surface area contributed by atoms with Crippen molar-refractivity contribution in [3.63, 3.8) is 0 Å². The first kappa shape index (κ1) is 10.6. The van der Waals surface area contributed by atoms with Gasteiger partial charge in [0, 0.05) is 5.38 Å². The smallest absolute Gasteiger partial charge is 0.226 e. The molecule has 0 aromatic rings. The molecule has 0 bridgehead atoms. The number of hydrogen-bond acceptors (Lipinski definition) is 1. The monoisotopic (exact) mass is 232 g/mol. The van der Waals surface area contributed by atoms with Gasteiger partial charge >= 0.3 is 0 Å². The van der Waals surface area contributed by atoms with Gasteiger partial charge in [0.15, 0.2) is 0 Å². The Morgan fingerprint density at radius 2 is 1.83 bits per heavy atom. The van der Waals surface area contributed by atoms with E-state index in [0.717, 1.165) is 0 Å². The molecular weight excluding hydrogens is 225 g/mol. The average molecular weight is 233 g/mol. The van der Waals surface area contributed by atoms with Gasteiger partial charge in [-0.1, -0.05) is 0 Å². The lowest BCUT2D eigenvalue weighted by atomic mass is 9.88. The number of hydrogen-bond donors (Lipinski definition) is 0. The minimum Gasteiger partial charge on any atom is -0.281 e. The van der Waals surface area contributed by atoms with E-state index >= 15 is 0 Å². The summed E-state index contributed by atoms with van der Waals surface area (Å²) in [5.41, 5.74) is 0. The topological polar surface area (TPSA) is 17.1 Å². The maximum atomic E-state index is 13.0. The van der Waals surface area contributed by atoms with Gasteiger partial charge in [-0.05, 0) is 24.4 Å². The Morgan fingerprint density at radius 3 is 2.33 bits per heavy atom. The predicted molar refractivity (Wildman–Crippen MR) is 47.8 cm³/mol. The fourth-order valence-corrected chi connectivity index (χ4v) is 2.40. The van der Waals surface area contributed by atoms with Crippen molar-refractivity contribution in [1.82, 2.24) is 0 Å². The lowest BCUT2D eigenvalue weighted by molar-refractivity contribution is -0.116. The fraction of sp³-hybridized carbons (Fsp3) is 0.857. The third kappa shape index (κ3) is 2.24. The van der Waals surface area contributed by atoms with Gasteiger partial charge in [-0.3, -0.25) is 4.79 Å². The normalized spacial score (nSPS) is 42.7. The van der Waals surface area contributed by atoms with Gasteiger partial charge in [0.25, 0.3) is 0 Å². The first-order valence-electron chi connectivity index (χ1n) is 3.64. The molecule has 0 aliphatic heterocycles. The molecule has 1 fully saturated rings. The van der Waals surface area contributed by atoms with Crippen LogP contribution >= 0.6 is 34.8 Å². The van der Waals surface area contributed by atoms with Crippen LogP contribution in [0.3, 0.4) is 0 Å². The van der Waals surface area contributed by atoms with E-state index in [4.69, 9.17) is 34.8 Å². The van der Waals surface area contributed by atoms with E-state index < -0.39 is 28.1 Å². The average Bonchev–Trinajstić information content (AvgIpc) is 1.96. The molecule has 1 aliphatic rings. The third-order valence-electron chi connectivity index (χ3n) is 2.05. The summed E-state index contributed by atoms with van der Waals surface area (Å²) in [7, 11) is 0. The fourth-order valence-electron chi connectivity index (χ4n) is 1.30. The second-order valence-electron chi connectivity index (χ2n) is 2.93. The standard InChI is InChI=1S/C7H8Cl3FO/c8-4-2-5(9)6(11)1-3(4)7(10)12/h3-6H,1-2H2. The van der Waals surface area contributed by atoms with Crippen LogP contribution in [0.5, 0.6) is 0 Å². The molecule has 4 unspecified atom stereocenters. The summed E-state index contributed by atoms with van der Waals surface area (Å²) in [6, 6.07) is 0. The quantitative estimate of drug-likeness (QED) is 0.503. The van der Waals surface area contributed by atoms with Crippen LogP contribution in [0, 0.1) is 5.92 Å². The van der Waals surface area contributed by atoms with Crippen LogP contribution in [-0.4, -0.2) is 22.2 Å². The molecule has 1 saturated carbocycles. The molecule has 0 spiro atoms. The van der Waals surface area contributed by atoms with E-state index in [-0.39, 0.29) is 6.42 Å². The van der Waals surface area contributed by atoms with E-state index in [0.29, 0.717) is 6.42 Å². The molecule has 0 radical (unpaired) electrons. The van der Waals surface area contributed by atoms with E-state index in [1.54, 1.807) is 0 Å². The van der Waals surface area contributed by atoms with Gasteiger partial charge in [0.1, 0.15) is 6.17 Å². The van der Waals surface area contributed by atoms with Gasteiger partial charge in [0.2, 0.25) is 5.24 Å². The maximum Gasteiger partial charge on any atom is 0.226 e. The minimum atomic E-state index is -1.17. The lowest BCUT2D eigenvalue weighted by Gasteiger charge is -2.29. The SMILES string of the molecule is O=C(Cl)C1CC(F)C(Cl)CC1Cl. The molecule has 1 rings (SSSR count). The number of rotatable bonds is 1. The van der Waals surface area contributed by atoms with Gasteiger partial charge in [-0.25, -0.2) is 4.39 Å². The van der Waals surface area contributed by atoms with Crippen LogP contribution in [0.1, 0.15) is 12.8 Å². The van der Waals surface area contributed by atoms with Crippen molar-refractivity contribution in [1.29, 1.82) is 0 Å². The minimum absolute atomic E-state index is 0.0463. The van der Waals surface area contributed by atoms with Gasteiger partial charge < -0.3 is 0 Å². The molecule has 70 valence electrons. The van der Waals surface area contributed by atoms with E-state index in [9.17, 15) is 9.18 Å².